The zero-order valence-corrected chi connectivity index (χ0v) is 9.90. The molecule has 0 bridgehead atoms. The van der Waals surface area contributed by atoms with Crippen LogP contribution in [0.3, 0.4) is 0 Å². The minimum absolute atomic E-state index is 0.0617. The number of carboxylic acids is 1. The van der Waals surface area contributed by atoms with Gasteiger partial charge in [0.1, 0.15) is 5.69 Å². The van der Waals surface area contributed by atoms with Crippen molar-refractivity contribution in [1.82, 2.24) is 4.98 Å². The first-order chi connectivity index (χ1) is 7.94. The number of hydrogen-bond acceptors (Lipinski definition) is 5. The van der Waals surface area contributed by atoms with Crippen LogP contribution in [0.15, 0.2) is 18.3 Å². The predicted octanol–water partition coefficient (Wildman–Crippen LogP) is 0.168. The lowest BCUT2D eigenvalue weighted by molar-refractivity contribution is 0.0690. The number of carboxylic acid groups (broad SMARTS) is 1. The number of methoxy groups -OCH3 is 1. The van der Waals surface area contributed by atoms with Gasteiger partial charge >= 0.3 is 5.97 Å². The van der Waals surface area contributed by atoms with E-state index >= 15 is 0 Å². The molecule has 1 aromatic rings. The van der Waals surface area contributed by atoms with E-state index in [9.17, 15) is 13.2 Å². The molecule has 1 aromatic heterocycles. The summed E-state index contributed by atoms with van der Waals surface area (Å²) in [6.45, 7) is 0.0617. The molecular weight excluding hydrogens is 248 g/mol. The number of aromatic carboxylic acids is 1. The van der Waals surface area contributed by atoms with Gasteiger partial charge in [0.2, 0.25) is 10.0 Å². The molecule has 2 N–H and O–H groups in total. The lowest BCUT2D eigenvalue weighted by atomic mass is 10.3. The third-order valence-electron chi connectivity index (χ3n) is 1.81. The van der Waals surface area contributed by atoms with Gasteiger partial charge in [-0.15, -0.1) is 0 Å². The third kappa shape index (κ3) is 4.37. The highest BCUT2D eigenvalue weighted by atomic mass is 32.2. The molecule has 7 nitrogen and oxygen atoms in total. The molecule has 0 radical (unpaired) electrons. The van der Waals surface area contributed by atoms with Crippen molar-refractivity contribution in [3.8, 4) is 0 Å². The average Bonchev–Trinajstić information content (AvgIpc) is 2.26. The summed E-state index contributed by atoms with van der Waals surface area (Å²) in [5, 5.41) is 8.69. The molecule has 0 aromatic carbocycles. The van der Waals surface area contributed by atoms with Crippen molar-refractivity contribution >= 4 is 21.7 Å². The molecule has 0 atom stereocenters. The van der Waals surface area contributed by atoms with Gasteiger partial charge in [-0.3, -0.25) is 4.72 Å². The fourth-order valence-electron chi connectivity index (χ4n) is 1.03. The Morgan fingerprint density at radius 2 is 2.29 bits per heavy atom. The highest BCUT2D eigenvalue weighted by Crippen LogP contribution is 2.10. The Kier molecular flexibility index (Phi) is 4.41. The molecule has 0 saturated heterocycles. The predicted molar refractivity (Wildman–Crippen MR) is 60.5 cm³/mol. The van der Waals surface area contributed by atoms with Gasteiger partial charge in [-0.25, -0.2) is 18.2 Å². The van der Waals surface area contributed by atoms with Crippen molar-refractivity contribution in [3.63, 3.8) is 0 Å². The molecule has 0 fully saturated rings. The first kappa shape index (κ1) is 13.4. The molecule has 0 amide bonds. The number of rotatable bonds is 6. The van der Waals surface area contributed by atoms with E-state index in [1.54, 1.807) is 0 Å². The molecule has 0 saturated carbocycles. The van der Waals surface area contributed by atoms with Crippen molar-refractivity contribution in [2.24, 2.45) is 0 Å². The lowest BCUT2D eigenvalue weighted by Crippen LogP contribution is -2.20. The monoisotopic (exact) mass is 260 g/mol. The number of aromatic nitrogens is 1. The summed E-state index contributed by atoms with van der Waals surface area (Å²) in [6, 6.07) is 2.52. The van der Waals surface area contributed by atoms with Crippen LogP contribution in [0.1, 0.15) is 10.5 Å². The number of hydrogen-bond donors (Lipinski definition) is 2. The van der Waals surface area contributed by atoms with Gasteiger partial charge < -0.3 is 9.84 Å². The molecule has 0 aliphatic rings. The normalized spacial score (nSPS) is 11.1. The van der Waals surface area contributed by atoms with Crippen LogP contribution >= 0.6 is 0 Å². The second kappa shape index (κ2) is 5.60. The van der Waals surface area contributed by atoms with Crippen LogP contribution in [0.4, 0.5) is 5.69 Å². The van der Waals surface area contributed by atoms with Gasteiger partial charge in [0.25, 0.3) is 0 Å². The van der Waals surface area contributed by atoms with Gasteiger partial charge in [0.05, 0.1) is 18.0 Å². The number of nitrogens with zero attached hydrogens (tertiary/aromatic N) is 1. The van der Waals surface area contributed by atoms with E-state index in [2.05, 4.69) is 14.4 Å². The maximum atomic E-state index is 11.5. The van der Waals surface area contributed by atoms with E-state index in [1.165, 1.54) is 19.4 Å². The van der Waals surface area contributed by atoms with Crippen molar-refractivity contribution in [1.29, 1.82) is 0 Å². The topological polar surface area (TPSA) is 106 Å². The number of nitrogens with one attached hydrogen (secondary N) is 1. The van der Waals surface area contributed by atoms with Gasteiger partial charge in [-0.2, -0.15) is 0 Å². The molecule has 8 heteroatoms. The second-order valence-electron chi connectivity index (χ2n) is 3.15. The number of carbonyl (C=O) groups is 1. The Labute approximate surface area is 98.5 Å². The van der Waals surface area contributed by atoms with E-state index in [-0.39, 0.29) is 23.7 Å². The zero-order chi connectivity index (χ0) is 12.9. The maximum Gasteiger partial charge on any atom is 0.354 e. The highest BCUT2D eigenvalue weighted by molar-refractivity contribution is 7.92. The van der Waals surface area contributed by atoms with Crippen LogP contribution in [0.5, 0.6) is 0 Å². The molecule has 1 rings (SSSR count). The summed E-state index contributed by atoms with van der Waals surface area (Å²) < 4.78 is 29.9. The maximum absolute atomic E-state index is 11.5. The van der Waals surface area contributed by atoms with E-state index in [0.717, 1.165) is 6.07 Å². The molecule has 0 aliphatic carbocycles. The van der Waals surface area contributed by atoms with Crippen LogP contribution in [0.2, 0.25) is 0 Å². The fourth-order valence-corrected chi connectivity index (χ4v) is 2.01. The van der Waals surface area contributed by atoms with Crippen molar-refractivity contribution in [2.75, 3.05) is 24.2 Å². The smallest absolute Gasteiger partial charge is 0.354 e. The number of anilines is 1. The summed E-state index contributed by atoms with van der Waals surface area (Å²) in [7, 11) is -2.14. The summed E-state index contributed by atoms with van der Waals surface area (Å²) >= 11 is 0. The fraction of sp³-hybridized carbons (Fsp3) is 0.333. The Morgan fingerprint density at radius 3 is 2.88 bits per heavy atom. The van der Waals surface area contributed by atoms with Crippen LogP contribution in [0.25, 0.3) is 0 Å². The molecule has 94 valence electrons. The van der Waals surface area contributed by atoms with Crippen LogP contribution < -0.4 is 4.72 Å². The van der Waals surface area contributed by atoms with Crippen LogP contribution in [-0.4, -0.2) is 43.9 Å². The van der Waals surface area contributed by atoms with Gasteiger partial charge in [-0.05, 0) is 12.1 Å². The Balaban J connectivity index is 2.81. The molecule has 1 heterocycles. The Morgan fingerprint density at radius 1 is 1.59 bits per heavy atom. The molecular formula is C9H12N2O5S. The summed E-state index contributed by atoms with van der Waals surface area (Å²) in [6.07, 6.45) is 1.22. The van der Waals surface area contributed by atoms with Gasteiger partial charge in [0, 0.05) is 13.3 Å². The molecule has 0 aliphatic heterocycles. The van der Waals surface area contributed by atoms with Crippen molar-refractivity contribution in [3.05, 3.63) is 24.0 Å². The van der Waals surface area contributed by atoms with Crippen molar-refractivity contribution < 1.29 is 23.1 Å². The van der Waals surface area contributed by atoms with E-state index in [4.69, 9.17) is 5.11 Å². The zero-order valence-electron chi connectivity index (χ0n) is 9.08. The quantitative estimate of drug-likeness (QED) is 0.755. The largest absolute Gasteiger partial charge is 0.477 e. The van der Waals surface area contributed by atoms with Crippen LogP contribution in [-0.2, 0) is 14.8 Å². The van der Waals surface area contributed by atoms with E-state index in [0.29, 0.717) is 0 Å². The lowest BCUT2D eigenvalue weighted by Gasteiger charge is -2.07. The summed E-state index contributed by atoms with van der Waals surface area (Å²) in [5.74, 6) is -1.42. The first-order valence-corrected chi connectivity index (χ1v) is 6.28. The Hall–Kier alpha value is -1.67. The SMILES string of the molecule is COCCS(=O)(=O)Nc1ccnc(C(=O)O)c1. The standard InChI is InChI=1S/C9H12N2O5S/c1-16-4-5-17(14,15)11-7-2-3-10-8(6-7)9(12)13/h2-3,6H,4-5H2,1H3,(H,10,11)(H,12,13). The highest BCUT2D eigenvalue weighted by Gasteiger charge is 2.12. The van der Waals surface area contributed by atoms with Crippen molar-refractivity contribution in [2.45, 2.75) is 0 Å². The Bertz CT molecular complexity index is 500. The average molecular weight is 260 g/mol. The molecule has 0 spiro atoms. The summed E-state index contributed by atoms with van der Waals surface area (Å²) in [4.78, 5) is 14.2. The third-order valence-corrected chi connectivity index (χ3v) is 3.06. The first-order valence-electron chi connectivity index (χ1n) is 4.63. The van der Waals surface area contributed by atoms with E-state index in [1.807, 2.05) is 0 Å². The number of pyridine rings is 1. The molecule has 0 unspecified atom stereocenters. The second-order valence-corrected chi connectivity index (χ2v) is 4.99. The van der Waals surface area contributed by atoms with E-state index < -0.39 is 16.0 Å². The minimum atomic E-state index is -3.53. The number of ether oxygens (including phenoxy) is 1. The minimum Gasteiger partial charge on any atom is -0.477 e. The molecule has 17 heavy (non-hydrogen) atoms. The van der Waals surface area contributed by atoms with Crippen LogP contribution in [0, 0.1) is 0 Å². The van der Waals surface area contributed by atoms with Gasteiger partial charge in [-0.1, -0.05) is 0 Å². The summed E-state index contributed by atoms with van der Waals surface area (Å²) in [5.41, 5.74) is -0.0644. The number of sulfonamides is 1. The van der Waals surface area contributed by atoms with Gasteiger partial charge in [0.15, 0.2) is 0 Å².